The topological polar surface area (TPSA) is 52.1 Å². The summed E-state index contributed by atoms with van der Waals surface area (Å²) in [6.07, 6.45) is 0. The van der Waals surface area contributed by atoms with Gasteiger partial charge >= 0.3 is 0 Å². The van der Waals surface area contributed by atoms with Crippen LogP contribution >= 0.6 is 0 Å². The van der Waals surface area contributed by atoms with E-state index in [9.17, 15) is 10.4 Å². The molecule has 2 aliphatic rings. The van der Waals surface area contributed by atoms with Gasteiger partial charge in [0.1, 0.15) is 0 Å². The minimum Gasteiger partial charge on any atom is -0.618 e. The van der Waals surface area contributed by atoms with Gasteiger partial charge in [-0.1, -0.05) is 60.7 Å². The lowest BCUT2D eigenvalue weighted by molar-refractivity contribution is -0.355. The zero-order chi connectivity index (χ0) is 21.7. The summed E-state index contributed by atoms with van der Waals surface area (Å²) >= 11 is 0. The molecule has 0 radical (unpaired) electrons. The lowest BCUT2D eigenvalue weighted by Gasteiger charge is -2.09. The highest BCUT2D eigenvalue weighted by atomic mass is 16.5. The van der Waals surface area contributed by atoms with Crippen LogP contribution in [0.3, 0.4) is 0 Å². The van der Waals surface area contributed by atoms with E-state index in [2.05, 4.69) is 0 Å². The standard InChI is InChI=1S/C28H18N2O2/c31-29-23-17-9-7-15-21(23)25(27(29)19-11-3-1-4-12-19)26-22-16-8-10-18-24(22)30(32)28(26)20-13-5-2-6-14-20/h1-18H/b26-25+. The fourth-order valence-electron chi connectivity index (χ4n) is 4.64. The van der Waals surface area contributed by atoms with Crippen molar-refractivity contribution in [1.29, 1.82) is 0 Å². The first-order chi connectivity index (χ1) is 15.8. The number of fused-ring (bicyclic) bond motifs is 2. The van der Waals surface area contributed by atoms with Crippen LogP contribution in [0.15, 0.2) is 109 Å². The van der Waals surface area contributed by atoms with Gasteiger partial charge in [-0.3, -0.25) is 0 Å². The predicted molar refractivity (Wildman–Crippen MR) is 127 cm³/mol. The maximum Gasteiger partial charge on any atom is 0.233 e. The summed E-state index contributed by atoms with van der Waals surface area (Å²) in [6.45, 7) is 0. The van der Waals surface area contributed by atoms with Crippen LogP contribution in [0.1, 0.15) is 22.3 Å². The van der Waals surface area contributed by atoms with E-state index in [-0.39, 0.29) is 0 Å². The minimum absolute atomic E-state index is 0.556. The Hall–Kier alpha value is -4.44. The monoisotopic (exact) mass is 414 g/mol. The molecule has 4 heteroatoms. The van der Waals surface area contributed by atoms with Crippen molar-refractivity contribution in [1.82, 2.24) is 0 Å². The molecule has 4 nitrogen and oxygen atoms in total. The van der Waals surface area contributed by atoms with Crippen LogP contribution in [0.5, 0.6) is 0 Å². The van der Waals surface area contributed by atoms with Gasteiger partial charge in [-0.25, -0.2) is 0 Å². The average molecular weight is 414 g/mol. The lowest BCUT2D eigenvalue weighted by atomic mass is 9.86. The van der Waals surface area contributed by atoms with E-state index >= 15 is 0 Å². The molecule has 4 aromatic carbocycles. The second kappa shape index (κ2) is 7.06. The zero-order valence-corrected chi connectivity index (χ0v) is 17.1. The first kappa shape index (κ1) is 18.3. The second-order valence-electron chi connectivity index (χ2n) is 7.80. The highest BCUT2D eigenvalue weighted by Crippen LogP contribution is 2.46. The molecule has 2 aliphatic heterocycles. The van der Waals surface area contributed by atoms with Gasteiger partial charge in [0.2, 0.25) is 22.8 Å². The SMILES string of the molecule is [O-][N+]1=C(c2ccccc2)/C(=C2/C(c3ccccc3)=[N+]([O-])c3ccccc32)c2ccccc21. The van der Waals surface area contributed by atoms with Crippen LogP contribution in [0.25, 0.3) is 11.1 Å². The van der Waals surface area contributed by atoms with E-state index in [0.717, 1.165) is 42.9 Å². The van der Waals surface area contributed by atoms with Crippen molar-refractivity contribution < 1.29 is 9.48 Å². The van der Waals surface area contributed by atoms with Crippen LogP contribution in [0.4, 0.5) is 11.4 Å². The molecule has 0 amide bonds. The highest BCUT2D eigenvalue weighted by molar-refractivity contribution is 6.49. The highest BCUT2D eigenvalue weighted by Gasteiger charge is 2.42. The van der Waals surface area contributed by atoms with E-state index in [4.69, 9.17) is 0 Å². The van der Waals surface area contributed by atoms with Gasteiger partial charge in [0.25, 0.3) is 0 Å². The number of rotatable bonds is 2. The van der Waals surface area contributed by atoms with Crippen LogP contribution in [0, 0.1) is 10.4 Å². The Balaban J connectivity index is 1.77. The molecule has 0 N–H and O–H groups in total. The molecule has 0 saturated carbocycles. The van der Waals surface area contributed by atoms with Crippen molar-refractivity contribution in [2.75, 3.05) is 0 Å². The summed E-state index contributed by atoms with van der Waals surface area (Å²) in [7, 11) is 0. The van der Waals surface area contributed by atoms with E-state index in [1.54, 1.807) is 0 Å². The molecule has 0 spiro atoms. The predicted octanol–water partition coefficient (Wildman–Crippen LogP) is 5.89. The first-order valence-electron chi connectivity index (χ1n) is 10.5. The molecule has 0 fully saturated rings. The van der Waals surface area contributed by atoms with Crippen LogP contribution in [-0.4, -0.2) is 20.9 Å². The lowest BCUT2D eigenvalue weighted by Crippen LogP contribution is -2.15. The number of hydrogen-bond acceptors (Lipinski definition) is 2. The molecule has 0 aliphatic carbocycles. The molecule has 32 heavy (non-hydrogen) atoms. The van der Waals surface area contributed by atoms with Crippen molar-refractivity contribution in [2.24, 2.45) is 0 Å². The molecule has 0 aromatic heterocycles. The third kappa shape index (κ3) is 2.56. The number of nitrogens with zero attached hydrogens (tertiary/aromatic N) is 2. The molecule has 6 rings (SSSR count). The third-order valence-electron chi connectivity index (χ3n) is 6.01. The number of allylic oxidation sites excluding steroid dienone is 2. The fraction of sp³-hybridized carbons (Fsp3) is 0. The summed E-state index contributed by atoms with van der Waals surface area (Å²) in [5, 5.41) is 27.1. The Bertz CT molecular complexity index is 1350. The van der Waals surface area contributed by atoms with Gasteiger partial charge in [-0.2, -0.15) is 9.48 Å². The summed E-state index contributed by atoms with van der Waals surface area (Å²) in [5.41, 5.74) is 7.14. The Morgan fingerprint density at radius 2 is 0.750 bits per heavy atom. The molecular weight excluding hydrogens is 396 g/mol. The number of benzene rings is 4. The number of hydrogen-bond donors (Lipinski definition) is 0. The Morgan fingerprint density at radius 1 is 0.406 bits per heavy atom. The van der Waals surface area contributed by atoms with E-state index < -0.39 is 0 Å². The molecule has 152 valence electrons. The van der Waals surface area contributed by atoms with Crippen LogP contribution < -0.4 is 0 Å². The molecule has 0 bridgehead atoms. The van der Waals surface area contributed by atoms with Crippen molar-refractivity contribution in [3.05, 3.63) is 142 Å². The van der Waals surface area contributed by atoms with Crippen LogP contribution in [0.2, 0.25) is 0 Å². The van der Waals surface area contributed by atoms with E-state index in [0.29, 0.717) is 22.8 Å². The normalized spacial score (nSPS) is 17.0. The van der Waals surface area contributed by atoms with Crippen molar-refractivity contribution in [2.45, 2.75) is 0 Å². The van der Waals surface area contributed by atoms with Gasteiger partial charge in [0, 0.05) is 23.3 Å². The fourth-order valence-corrected chi connectivity index (χ4v) is 4.64. The van der Waals surface area contributed by atoms with E-state index in [1.807, 2.05) is 109 Å². The molecule has 0 saturated heterocycles. The summed E-state index contributed by atoms with van der Waals surface area (Å²) in [5.74, 6) is 0. The summed E-state index contributed by atoms with van der Waals surface area (Å²) in [4.78, 5) is 0. The van der Waals surface area contributed by atoms with Gasteiger partial charge in [0.15, 0.2) is 0 Å². The summed E-state index contributed by atoms with van der Waals surface area (Å²) < 4.78 is 1.98. The Kier molecular flexibility index (Phi) is 4.05. The molecule has 0 atom stereocenters. The van der Waals surface area contributed by atoms with Gasteiger partial charge < -0.3 is 10.4 Å². The maximum absolute atomic E-state index is 13.5. The quantitative estimate of drug-likeness (QED) is 0.303. The van der Waals surface area contributed by atoms with Crippen LogP contribution in [-0.2, 0) is 0 Å². The average Bonchev–Trinajstić information content (AvgIpc) is 3.31. The largest absolute Gasteiger partial charge is 0.618 e. The molecule has 2 heterocycles. The van der Waals surface area contributed by atoms with Crippen molar-refractivity contribution >= 4 is 33.9 Å². The Morgan fingerprint density at radius 3 is 1.16 bits per heavy atom. The van der Waals surface area contributed by atoms with Gasteiger partial charge in [-0.05, 0) is 36.4 Å². The van der Waals surface area contributed by atoms with Gasteiger partial charge in [0.05, 0.1) is 22.3 Å². The van der Waals surface area contributed by atoms with E-state index in [1.165, 1.54) is 0 Å². The zero-order valence-electron chi connectivity index (χ0n) is 17.1. The van der Waals surface area contributed by atoms with Crippen molar-refractivity contribution in [3.63, 3.8) is 0 Å². The molecule has 4 aromatic rings. The molecular formula is C28H18N2O2. The first-order valence-corrected chi connectivity index (χ1v) is 10.5. The third-order valence-corrected chi connectivity index (χ3v) is 6.01. The Labute approximate surface area is 185 Å². The maximum atomic E-state index is 13.5. The second-order valence-corrected chi connectivity index (χ2v) is 7.80. The molecule has 0 unspecified atom stereocenters. The smallest absolute Gasteiger partial charge is 0.233 e. The van der Waals surface area contributed by atoms with Crippen molar-refractivity contribution in [3.8, 4) is 0 Å². The minimum atomic E-state index is 0.556. The number of para-hydroxylation sites is 2. The van der Waals surface area contributed by atoms with Gasteiger partial charge in [-0.15, -0.1) is 0 Å². The summed E-state index contributed by atoms with van der Waals surface area (Å²) in [6, 6.07) is 34.5.